The first-order valence-corrected chi connectivity index (χ1v) is 22.0. The van der Waals surface area contributed by atoms with E-state index in [1.54, 1.807) is 0 Å². The van der Waals surface area contributed by atoms with E-state index in [-0.39, 0.29) is 10.8 Å². The fraction of sp³-hybridized carbons (Fsp3) is 0.138. The third kappa shape index (κ3) is 4.95. The van der Waals surface area contributed by atoms with Crippen molar-refractivity contribution in [2.45, 2.75) is 51.4 Å². The molecule has 0 amide bonds. The predicted octanol–water partition coefficient (Wildman–Crippen LogP) is 15.3. The van der Waals surface area contributed by atoms with Crippen LogP contribution in [0.1, 0.15) is 51.7 Å². The summed E-state index contributed by atoms with van der Waals surface area (Å²) < 4.78 is 4.84. The van der Waals surface area contributed by atoms with Crippen LogP contribution < -0.4 is 0 Å². The quantitative estimate of drug-likeness (QED) is 0.167. The summed E-state index contributed by atoms with van der Waals surface area (Å²) in [4.78, 5) is 11.3. The summed E-state index contributed by atoms with van der Waals surface area (Å²) in [5.74, 6) is 0.660. The highest BCUT2D eigenvalue weighted by molar-refractivity contribution is 6.25. The molecule has 1 aliphatic carbocycles. The molecular formula is C58H44N4. The van der Waals surface area contributed by atoms with Gasteiger partial charge in [-0.1, -0.05) is 149 Å². The fourth-order valence-corrected chi connectivity index (χ4v) is 11.0. The molecule has 9 aromatic carbocycles. The zero-order chi connectivity index (χ0) is 41.5. The summed E-state index contributed by atoms with van der Waals surface area (Å²) in [5, 5.41) is 13.1. The van der Waals surface area contributed by atoms with Gasteiger partial charge in [-0.05, 0) is 110 Å². The van der Waals surface area contributed by atoms with Gasteiger partial charge in [0.15, 0.2) is 0 Å². The van der Waals surface area contributed by atoms with E-state index in [0.717, 1.165) is 49.7 Å². The minimum absolute atomic E-state index is 0.0762. The predicted molar refractivity (Wildman–Crippen MR) is 261 cm³/mol. The van der Waals surface area contributed by atoms with Crippen LogP contribution in [0.15, 0.2) is 170 Å². The Labute approximate surface area is 359 Å². The first-order chi connectivity index (χ1) is 30.2. The van der Waals surface area contributed by atoms with E-state index in [2.05, 4.69) is 207 Å². The van der Waals surface area contributed by atoms with Gasteiger partial charge in [-0.15, -0.1) is 0 Å². The first kappa shape index (κ1) is 35.5. The number of hydrogen-bond acceptors (Lipinski definition) is 2. The smallest absolute Gasteiger partial charge is 0.235 e. The molecule has 0 saturated heterocycles. The Balaban J connectivity index is 1.22. The van der Waals surface area contributed by atoms with Gasteiger partial charge in [-0.3, -0.25) is 4.57 Å². The lowest BCUT2D eigenvalue weighted by molar-refractivity contribution is 0.332. The van der Waals surface area contributed by atoms with Crippen LogP contribution in [0.5, 0.6) is 0 Å². The van der Waals surface area contributed by atoms with Crippen molar-refractivity contribution < 1.29 is 0 Å². The molecular weight excluding hydrogens is 753 g/mol. The second-order valence-corrected chi connectivity index (χ2v) is 18.8. The number of nitrogens with zero attached hydrogens (tertiary/aromatic N) is 4. The van der Waals surface area contributed by atoms with Gasteiger partial charge in [0.05, 0.1) is 33.3 Å². The number of hydrogen-bond donors (Lipinski definition) is 0. The number of rotatable bonds is 3. The molecule has 0 atom stereocenters. The number of fused-ring (bicyclic) bond motifs is 13. The SMILES string of the molecule is CC1(C)CCC(C)(C)c2cc3c(cc21)c1cc2c4c5ccccc5ccc4n(-c4nc(-c5cccc6ccccc56)c5ccc6ccccc6c5n4)c2cc1n3-c1ccccc1. The Morgan fingerprint density at radius 1 is 0.403 bits per heavy atom. The van der Waals surface area contributed by atoms with Gasteiger partial charge < -0.3 is 4.57 Å². The molecule has 4 heteroatoms. The average molecular weight is 797 g/mol. The summed E-state index contributed by atoms with van der Waals surface area (Å²) >= 11 is 0. The van der Waals surface area contributed by atoms with Crippen molar-refractivity contribution in [3.05, 3.63) is 181 Å². The minimum atomic E-state index is 0.0762. The van der Waals surface area contributed by atoms with E-state index >= 15 is 0 Å². The lowest BCUT2D eigenvalue weighted by Gasteiger charge is -2.42. The molecule has 12 aromatic rings. The lowest BCUT2D eigenvalue weighted by Crippen LogP contribution is -2.33. The van der Waals surface area contributed by atoms with Crippen LogP contribution in [0, 0.1) is 0 Å². The van der Waals surface area contributed by atoms with E-state index < -0.39 is 0 Å². The molecule has 1 aliphatic rings. The van der Waals surface area contributed by atoms with Crippen molar-refractivity contribution in [2.24, 2.45) is 0 Å². The number of benzene rings is 9. The summed E-state index contributed by atoms with van der Waals surface area (Å²) in [6.45, 7) is 9.72. The average Bonchev–Trinajstić information content (AvgIpc) is 3.80. The Morgan fingerprint density at radius 3 is 1.76 bits per heavy atom. The Hall–Kier alpha value is -7.30. The minimum Gasteiger partial charge on any atom is -0.309 e. The largest absolute Gasteiger partial charge is 0.309 e. The zero-order valence-corrected chi connectivity index (χ0v) is 35.4. The van der Waals surface area contributed by atoms with E-state index in [4.69, 9.17) is 9.97 Å². The Bertz CT molecular complexity index is 3860. The Kier molecular flexibility index (Phi) is 7.22. The highest BCUT2D eigenvalue weighted by atomic mass is 15.2. The van der Waals surface area contributed by atoms with Crippen LogP contribution in [-0.4, -0.2) is 19.1 Å². The maximum absolute atomic E-state index is 5.68. The molecule has 0 bridgehead atoms. The molecule has 62 heavy (non-hydrogen) atoms. The van der Waals surface area contributed by atoms with Gasteiger partial charge in [-0.2, -0.15) is 0 Å². The molecule has 3 heterocycles. The van der Waals surface area contributed by atoms with Crippen molar-refractivity contribution >= 4 is 86.8 Å². The molecule has 0 aliphatic heterocycles. The highest BCUT2D eigenvalue weighted by Crippen LogP contribution is 2.50. The monoisotopic (exact) mass is 796 g/mol. The van der Waals surface area contributed by atoms with Gasteiger partial charge in [0, 0.05) is 43.6 Å². The molecule has 13 rings (SSSR count). The maximum Gasteiger partial charge on any atom is 0.235 e. The summed E-state index contributed by atoms with van der Waals surface area (Å²) in [6, 6.07) is 62.4. The van der Waals surface area contributed by atoms with Gasteiger partial charge in [0.2, 0.25) is 5.95 Å². The fourth-order valence-electron chi connectivity index (χ4n) is 11.0. The highest BCUT2D eigenvalue weighted by Gasteiger charge is 2.38. The van der Waals surface area contributed by atoms with Gasteiger partial charge in [-0.25, -0.2) is 9.97 Å². The number of aromatic nitrogens is 4. The Morgan fingerprint density at radius 2 is 0.984 bits per heavy atom. The molecule has 4 nitrogen and oxygen atoms in total. The van der Waals surface area contributed by atoms with Crippen LogP contribution in [0.3, 0.4) is 0 Å². The normalized spacial score (nSPS) is 14.9. The van der Waals surface area contributed by atoms with Crippen molar-refractivity contribution in [3.8, 4) is 22.9 Å². The van der Waals surface area contributed by atoms with E-state index in [9.17, 15) is 0 Å². The van der Waals surface area contributed by atoms with Gasteiger partial charge in [0.1, 0.15) is 0 Å². The van der Waals surface area contributed by atoms with Gasteiger partial charge in [0.25, 0.3) is 0 Å². The topological polar surface area (TPSA) is 35.6 Å². The van der Waals surface area contributed by atoms with Crippen molar-refractivity contribution in [2.75, 3.05) is 0 Å². The maximum atomic E-state index is 5.68. The first-order valence-electron chi connectivity index (χ1n) is 22.0. The van der Waals surface area contributed by atoms with Crippen molar-refractivity contribution in [3.63, 3.8) is 0 Å². The van der Waals surface area contributed by atoms with Crippen LogP contribution in [0.4, 0.5) is 0 Å². The molecule has 0 saturated carbocycles. The molecule has 0 spiro atoms. The molecule has 3 aromatic heterocycles. The van der Waals surface area contributed by atoms with Crippen molar-refractivity contribution in [1.29, 1.82) is 0 Å². The van der Waals surface area contributed by atoms with E-state index in [0.29, 0.717) is 5.95 Å². The van der Waals surface area contributed by atoms with E-state index in [1.807, 2.05) is 0 Å². The summed E-state index contributed by atoms with van der Waals surface area (Å²) in [7, 11) is 0. The standard InChI is InChI=1S/C58H44N4/c1-57(2)29-30-58(3,4)48-33-50-45(32-47(48)57)44-31-46-52(34-51(44)61(50)38-19-6-5-7-20-38)62(49-28-26-36-16-9-12-22-40(36)53(46)49)56-59-54-41-23-13-10-17-37(41)25-27-43(54)55(60-56)42-24-14-18-35-15-8-11-21-39(35)42/h5-28,31-34H,29-30H2,1-4H3. The van der Waals surface area contributed by atoms with Crippen LogP contribution >= 0.6 is 0 Å². The molecule has 0 radical (unpaired) electrons. The second-order valence-electron chi connectivity index (χ2n) is 18.8. The lowest BCUT2D eigenvalue weighted by atomic mass is 9.63. The van der Waals surface area contributed by atoms with Crippen LogP contribution in [-0.2, 0) is 10.8 Å². The van der Waals surface area contributed by atoms with Crippen LogP contribution in [0.2, 0.25) is 0 Å². The second kappa shape index (κ2) is 12.6. The molecule has 0 N–H and O–H groups in total. The molecule has 0 unspecified atom stereocenters. The van der Waals surface area contributed by atoms with Gasteiger partial charge >= 0.3 is 0 Å². The summed E-state index contributed by atoms with van der Waals surface area (Å²) in [6.07, 6.45) is 2.33. The zero-order valence-electron chi connectivity index (χ0n) is 35.4. The van der Waals surface area contributed by atoms with Crippen molar-refractivity contribution in [1.82, 2.24) is 19.1 Å². The number of para-hydroxylation sites is 1. The molecule has 296 valence electrons. The third-order valence-electron chi connectivity index (χ3n) is 14.4. The third-order valence-corrected chi connectivity index (χ3v) is 14.4. The van der Waals surface area contributed by atoms with E-state index in [1.165, 1.54) is 78.1 Å². The molecule has 0 fully saturated rings. The summed E-state index contributed by atoms with van der Waals surface area (Å²) in [5.41, 5.74) is 11.8. The van der Waals surface area contributed by atoms with Crippen LogP contribution in [0.25, 0.3) is 110 Å².